The van der Waals surface area contributed by atoms with Crippen molar-refractivity contribution < 1.29 is 23.9 Å². The zero-order valence-electron chi connectivity index (χ0n) is 21.0. The number of barbiturate groups is 1. The Hall–Kier alpha value is -4.39. The largest absolute Gasteiger partial charge is 0.493 e. The highest BCUT2D eigenvalue weighted by Crippen LogP contribution is 2.31. The Morgan fingerprint density at radius 1 is 0.833 bits per heavy atom. The molecule has 3 aromatic rings. The molecule has 0 radical (unpaired) electrons. The van der Waals surface area contributed by atoms with Crippen molar-refractivity contribution in [3.63, 3.8) is 0 Å². The molecule has 1 saturated heterocycles. The summed E-state index contributed by atoms with van der Waals surface area (Å²) in [6.45, 7) is 8.15. The van der Waals surface area contributed by atoms with Crippen LogP contribution in [0.5, 0.6) is 11.5 Å². The Morgan fingerprint density at radius 2 is 1.58 bits per heavy atom. The summed E-state index contributed by atoms with van der Waals surface area (Å²) in [6, 6.07) is 16.0. The van der Waals surface area contributed by atoms with Gasteiger partial charge >= 0.3 is 6.03 Å². The van der Waals surface area contributed by atoms with Crippen LogP contribution in [0.1, 0.15) is 33.4 Å². The molecule has 1 N–H and O–H groups in total. The van der Waals surface area contributed by atoms with E-state index in [9.17, 15) is 14.4 Å². The van der Waals surface area contributed by atoms with Gasteiger partial charge in [0.2, 0.25) is 0 Å². The predicted octanol–water partition coefficient (Wildman–Crippen LogP) is 5.17. The number of rotatable bonds is 6. The fourth-order valence-corrected chi connectivity index (χ4v) is 3.95. The Balaban J connectivity index is 1.61. The van der Waals surface area contributed by atoms with Gasteiger partial charge in [-0.3, -0.25) is 14.9 Å². The number of carbonyl (C=O) groups is 3. The molecule has 36 heavy (non-hydrogen) atoms. The van der Waals surface area contributed by atoms with Gasteiger partial charge in [-0.2, -0.15) is 0 Å². The number of amides is 4. The molecule has 3 aromatic carbocycles. The van der Waals surface area contributed by atoms with Crippen molar-refractivity contribution in [1.82, 2.24) is 5.32 Å². The van der Waals surface area contributed by atoms with Gasteiger partial charge in [0.1, 0.15) is 12.2 Å². The first-order valence-electron chi connectivity index (χ1n) is 11.5. The van der Waals surface area contributed by atoms with E-state index in [1.807, 2.05) is 25.1 Å². The molecule has 1 aliphatic rings. The Bertz CT molecular complexity index is 1410. The molecule has 1 fully saturated rings. The number of urea groups is 1. The predicted molar refractivity (Wildman–Crippen MR) is 138 cm³/mol. The van der Waals surface area contributed by atoms with Gasteiger partial charge in [-0.1, -0.05) is 36.4 Å². The van der Waals surface area contributed by atoms with E-state index in [2.05, 4.69) is 31.3 Å². The highest BCUT2D eigenvalue weighted by molar-refractivity contribution is 6.39. The van der Waals surface area contributed by atoms with Crippen molar-refractivity contribution in [2.75, 3.05) is 12.0 Å². The lowest BCUT2D eigenvalue weighted by molar-refractivity contribution is -0.122. The number of ether oxygens (including phenoxy) is 2. The van der Waals surface area contributed by atoms with Crippen LogP contribution in [-0.2, 0) is 16.2 Å². The van der Waals surface area contributed by atoms with Gasteiger partial charge in [0, 0.05) is 0 Å². The Morgan fingerprint density at radius 3 is 2.31 bits per heavy atom. The summed E-state index contributed by atoms with van der Waals surface area (Å²) in [5.41, 5.74) is 5.90. The minimum atomic E-state index is -0.775. The molecule has 4 amide bonds. The lowest BCUT2D eigenvalue weighted by Crippen LogP contribution is -2.54. The molecule has 7 nitrogen and oxygen atoms in total. The molecule has 1 heterocycles. The minimum absolute atomic E-state index is 0.152. The molecule has 4 rings (SSSR count). The molecular formula is C29H28N2O5. The second-order valence-corrected chi connectivity index (χ2v) is 8.87. The first kappa shape index (κ1) is 24.7. The molecule has 0 saturated carbocycles. The van der Waals surface area contributed by atoms with E-state index in [-0.39, 0.29) is 5.57 Å². The Kier molecular flexibility index (Phi) is 6.92. The molecule has 184 valence electrons. The molecular weight excluding hydrogens is 456 g/mol. The number of anilines is 1. The molecule has 1 aliphatic heterocycles. The highest BCUT2D eigenvalue weighted by Gasteiger charge is 2.37. The number of hydrogen-bond acceptors (Lipinski definition) is 5. The average molecular weight is 485 g/mol. The molecule has 0 atom stereocenters. The summed E-state index contributed by atoms with van der Waals surface area (Å²) in [5.74, 6) is -0.448. The van der Waals surface area contributed by atoms with Crippen LogP contribution in [0.15, 0.2) is 60.2 Å². The van der Waals surface area contributed by atoms with Crippen molar-refractivity contribution in [2.24, 2.45) is 0 Å². The van der Waals surface area contributed by atoms with Crippen LogP contribution < -0.4 is 19.7 Å². The number of carbonyl (C=O) groups excluding carboxylic acids is 3. The van der Waals surface area contributed by atoms with Crippen molar-refractivity contribution in [3.05, 3.63) is 93.6 Å². The van der Waals surface area contributed by atoms with Gasteiger partial charge in [0.05, 0.1) is 12.8 Å². The van der Waals surface area contributed by atoms with Gasteiger partial charge < -0.3 is 9.47 Å². The van der Waals surface area contributed by atoms with Crippen molar-refractivity contribution >= 4 is 29.6 Å². The SMILES string of the molecule is COc1cc(/C=C2\C(=O)NC(=O)N(c3cc(C)ccc3C)C2=O)ccc1OCc1ccc(C)c(C)c1. The second kappa shape index (κ2) is 10.1. The summed E-state index contributed by atoms with van der Waals surface area (Å²) in [5, 5.41) is 2.27. The first-order chi connectivity index (χ1) is 17.2. The van der Waals surface area contributed by atoms with E-state index in [0.717, 1.165) is 21.6 Å². The Labute approximate surface area is 210 Å². The molecule has 0 aliphatic carbocycles. The normalized spacial score (nSPS) is 14.8. The number of nitrogens with zero attached hydrogens (tertiary/aromatic N) is 1. The smallest absolute Gasteiger partial charge is 0.335 e. The second-order valence-electron chi connectivity index (χ2n) is 8.87. The van der Waals surface area contributed by atoms with Gasteiger partial charge in [0.15, 0.2) is 11.5 Å². The number of hydrogen-bond donors (Lipinski definition) is 1. The first-order valence-corrected chi connectivity index (χ1v) is 11.5. The van der Waals surface area contributed by atoms with Crippen LogP contribution in [0.3, 0.4) is 0 Å². The fourth-order valence-electron chi connectivity index (χ4n) is 3.95. The highest BCUT2D eigenvalue weighted by atomic mass is 16.5. The van der Waals surface area contributed by atoms with Crippen molar-refractivity contribution in [1.29, 1.82) is 0 Å². The maximum absolute atomic E-state index is 13.3. The lowest BCUT2D eigenvalue weighted by Gasteiger charge is -2.27. The number of nitrogens with one attached hydrogen (secondary N) is 1. The van der Waals surface area contributed by atoms with Crippen molar-refractivity contribution in [3.8, 4) is 11.5 Å². The quantitative estimate of drug-likeness (QED) is 0.385. The summed E-state index contributed by atoms with van der Waals surface area (Å²) >= 11 is 0. The van der Waals surface area contributed by atoms with Crippen molar-refractivity contribution in [2.45, 2.75) is 34.3 Å². The maximum Gasteiger partial charge on any atom is 0.335 e. The molecule has 7 heteroatoms. The van der Waals surface area contributed by atoms with Crippen LogP contribution in [0.4, 0.5) is 10.5 Å². The van der Waals surface area contributed by atoms with Crippen LogP contribution in [-0.4, -0.2) is 25.0 Å². The number of imide groups is 2. The van der Waals surface area contributed by atoms with Crippen LogP contribution >= 0.6 is 0 Å². The van der Waals surface area contributed by atoms with Crippen LogP contribution in [0, 0.1) is 27.7 Å². The van der Waals surface area contributed by atoms with Gasteiger partial charge in [0.25, 0.3) is 11.8 Å². The fraction of sp³-hybridized carbons (Fsp3) is 0.207. The van der Waals surface area contributed by atoms with E-state index < -0.39 is 17.8 Å². The summed E-state index contributed by atoms with van der Waals surface area (Å²) in [7, 11) is 1.52. The number of aryl methyl sites for hydroxylation is 4. The van der Waals surface area contributed by atoms with E-state index in [0.29, 0.717) is 29.4 Å². The minimum Gasteiger partial charge on any atom is -0.493 e. The maximum atomic E-state index is 13.3. The number of benzene rings is 3. The van der Waals surface area contributed by atoms with E-state index in [1.165, 1.54) is 24.3 Å². The van der Waals surface area contributed by atoms with Crippen LogP contribution in [0.25, 0.3) is 6.08 Å². The van der Waals surface area contributed by atoms with Gasteiger partial charge in [-0.25, -0.2) is 9.69 Å². The summed E-state index contributed by atoms with van der Waals surface area (Å²) in [6.07, 6.45) is 1.44. The topological polar surface area (TPSA) is 84.9 Å². The van der Waals surface area contributed by atoms with Gasteiger partial charge in [-0.15, -0.1) is 0 Å². The molecule has 0 unspecified atom stereocenters. The third-order valence-corrected chi connectivity index (χ3v) is 6.17. The molecule has 0 aromatic heterocycles. The summed E-state index contributed by atoms with van der Waals surface area (Å²) < 4.78 is 11.5. The lowest BCUT2D eigenvalue weighted by atomic mass is 10.0. The third kappa shape index (κ3) is 5.00. The van der Waals surface area contributed by atoms with E-state index >= 15 is 0 Å². The van der Waals surface area contributed by atoms with E-state index in [4.69, 9.17) is 9.47 Å². The van der Waals surface area contributed by atoms with E-state index in [1.54, 1.807) is 31.2 Å². The monoisotopic (exact) mass is 484 g/mol. The third-order valence-electron chi connectivity index (χ3n) is 6.17. The van der Waals surface area contributed by atoms with Crippen LogP contribution in [0.2, 0.25) is 0 Å². The summed E-state index contributed by atoms with van der Waals surface area (Å²) in [4.78, 5) is 39.4. The molecule has 0 bridgehead atoms. The number of methoxy groups -OCH3 is 1. The molecule has 0 spiro atoms. The zero-order valence-corrected chi connectivity index (χ0v) is 21.0. The van der Waals surface area contributed by atoms with Gasteiger partial charge in [-0.05, 0) is 85.4 Å². The average Bonchev–Trinajstić information content (AvgIpc) is 2.84. The standard InChI is InChI=1S/C29H28N2O5/c1-17-6-7-19(3)24(12-17)31-28(33)23(27(32)30-29(31)34)14-21-10-11-25(26(15-21)35-5)36-16-22-9-8-18(2)20(4)13-22/h6-15H,16H2,1-5H3,(H,30,32,34)/b23-14+. The zero-order chi connectivity index (χ0) is 26.0.